The van der Waals surface area contributed by atoms with Gasteiger partial charge < -0.3 is 11.1 Å². The minimum absolute atomic E-state index is 0.0868. The maximum absolute atomic E-state index is 12.4. The second kappa shape index (κ2) is 7.08. The van der Waals surface area contributed by atoms with Gasteiger partial charge >= 0.3 is 0 Å². The van der Waals surface area contributed by atoms with Crippen LogP contribution in [0.25, 0.3) is 0 Å². The Kier molecular flexibility index (Phi) is 5.40. The van der Waals surface area contributed by atoms with Gasteiger partial charge in [-0.1, -0.05) is 57.0 Å². The standard InChI is InChI=1S/C18H28N2O/c1-14(2)12-16(15-8-4-3-5-9-15)20-17(21)13-18(19)10-6-7-11-18/h3-5,8-9,14,16H,6-7,10-13,19H2,1-2H3,(H,20,21). The number of carbonyl (C=O) groups excluding carboxylic acids is 1. The molecule has 2 rings (SSSR count). The molecule has 1 aromatic rings. The van der Waals surface area contributed by atoms with Crippen LogP contribution in [0.5, 0.6) is 0 Å². The van der Waals surface area contributed by atoms with Crippen molar-refractivity contribution >= 4 is 5.91 Å². The molecule has 1 aliphatic carbocycles. The van der Waals surface area contributed by atoms with Crippen LogP contribution in [-0.4, -0.2) is 11.4 Å². The van der Waals surface area contributed by atoms with E-state index in [0.717, 1.165) is 32.1 Å². The molecule has 0 spiro atoms. The van der Waals surface area contributed by atoms with Gasteiger partial charge in [-0.3, -0.25) is 4.79 Å². The number of nitrogens with one attached hydrogen (secondary N) is 1. The van der Waals surface area contributed by atoms with E-state index in [0.29, 0.717) is 12.3 Å². The molecule has 0 aromatic heterocycles. The number of rotatable bonds is 6. The fourth-order valence-corrected chi connectivity index (χ4v) is 3.26. The summed E-state index contributed by atoms with van der Waals surface area (Å²) in [7, 11) is 0. The Morgan fingerprint density at radius 1 is 1.24 bits per heavy atom. The first-order chi connectivity index (χ1) is 9.98. The Hall–Kier alpha value is -1.35. The van der Waals surface area contributed by atoms with Crippen molar-refractivity contribution in [1.29, 1.82) is 0 Å². The third-order valence-electron chi connectivity index (χ3n) is 4.36. The van der Waals surface area contributed by atoms with E-state index in [1.165, 1.54) is 5.56 Å². The van der Waals surface area contributed by atoms with Crippen LogP contribution in [0.3, 0.4) is 0 Å². The summed E-state index contributed by atoms with van der Waals surface area (Å²) in [5, 5.41) is 3.20. The zero-order valence-electron chi connectivity index (χ0n) is 13.3. The minimum atomic E-state index is -0.275. The lowest BCUT2D eigenvalue weighted by atomic mass is 9.93. The molecule has 1 saturated carbocycles. The summed E-state index contributed by atoms with van der Waals surface area (Å²) in [6.45, 7) is 4.37. The van der Waals surface area contributed by atoms with Crippen molar-refractivity contribution in [2.24, 2.45) is 11.7 Å². The van der Waals surface area contributed by atoms with Crippen LogP contribution in [0.15, 0.2) is 30.3 Å². The zero-order valence-corrected chi connectivity index (χ0v) is 13.3. The highest BCUT2D eigenvalue weighted by molar-refractivity contribution is 5.77. The van der Waals surface area contributed by atoms with E-state index >= 15 is 0 Å². The van der Waals surface area contributed by atoms with Gasteiger partial charge in [0.25, 0.3) is 0 Å². The number of hydrogen-bond acceptors (Lipinski definition) is 2. The first-order valence-corrected chi connectivity index (χ1v) is 8.12. The Bertz CT molecular complexity index is 450. The molecule has 1 aromatic carbocycles. The van der Waals surface area contributed by atoms with E-state index in [9.17, 15) is 4.79 Å². The molecule has 1 unspecified atom stereocenters. The van der Waals surface area contributed by atoms with Gasteiger partial charge in [-0.2, -0.15) is 0 Å². The van der Waals surface area contributed by atoms with Gasteiger partial charge in [0.1, 0.15) is 0 Å². The van der Waals surface area contributed by atoms with Crippen molar-refractivity contribution in [3.8, 4) is 0 Å². The first-order valence-electron chi connectivity index (χ1n) is 8.12. The van der Waals surface area contributed by atoms with E-state index in [4.69, 9.17) is 5.73 Å². The third kappa shape index (κ3) is 4.85. The Morgan fingerprint density at radius 2 is 1.86 bits per heavy atom. The monoisotopic (exact) mass is 288 g/mol. The van der Waals surface area contributed by atoms with Crippen LogP contribution in [0, 0.1) is 5.92 Å². The number of amides is 1. The molecule has 0 saturated heterocycles. The Morgan fingerprint density at radius 3 is 2.43 bits per heavy atom. The number of nitrogens with two attached hydrogens (primary N) is 1. The topological polar surface area (TPSA) is 55.1 Å². The largest absolute Gasteiger partial charge is 0.349 e. The molecule has 0 aliphatic heterocycles. The van der Waals surface area contributed by atoms with Crippen LogP contribution in [0.1, 0.15) is 64.0 Å². The summed E-state index contributed by atoms with van der Waals surface area (Å²) < 4.78 is 0. The lowest BCUT2D eigenvalue weighted by Gasteiger charge is -2.26. The molecular weight excluding hydrogens is 260 g/mol. The first kappa shape index (κ1) is 16.0. The van der Waals surface area contributed by atoms with Gasteiger partial charge in [0, 0.05) is 12.0 Å². The molecule has 21 heavy (non-hydrogen) atoms. The quantitative estimate of drug-likeness (QED) is 0.841. The lowest BCUT2D eigenvalue weighted by molar-refractivity contribution is -0.123. The molecule has 116 valence electrons. The van der Waals surface area contributed by atoms with Crippen LogP contribution in [0.2, 0.25) is 0 Å². The smallest absolute Gasteiger partial charge is 0.222 e. The fourth-order valence-electron chi connectivity index (χ4n) is 3.26. The average Bonchev–Trinajstić information content (AvgIpc) is 2.84. The summed E-state index contributed by atoms with van der Waals surface area (Å²) >= 11 is 0. The average molecular weight is 288 g/mol. The molecule has 0 bridgehead atoms. The zero-order chi connectivity index (χ0) is 15.3. The summed E-state index contributed by atoms with van der Waals surface area (Å²) in [4.78, 5) is 12.4. The van der Waals surface area contributed by atoms with E-state index in [1.54, 1.807) is 0 Å². The Labute approximate surface area is 128 Å². The summed E-state index contributed by atoms with van der Waals surface area (Å²) in [5.41, 5.74) is 7.22. The van der Waals surface area contributed by atoms with Crippen LogP contribution in [0.4, 0.5) is 0 Å². The van der Waals surface area contributed by atoms with Crippen molar-refractivity contribution in [1.82, 2.24) is 5.32 Å². The van der Waals surface area contributed by atoms with E-state index in [2.05, 4.69) is 31.3 Å². The van der Waals surface area contributed by atoms with Crippen molar-refractivity contribution in [2.45, 2.75) is 64.0 Å². The van der Waals surface area contributed by atoms with Gasteiger partial charge in [0.05, 0.1) is 6.04 Å². The lowest BCUT2D eigenvalue weighted by Crippen LogP contribution is -2.43. The van der Waals surface area contributed by atoms with Crippen molar-refractivity contribution in [3.63, 3.8) is 0 Å². The maximum atomic E-state index is 12.4. The van der Waals surface area contributed by atoms with Crippen LogP contribution >= 0.6 is 0 Å². The summed E-state index contributed by atoms with van der Waals surface area (Å²) in [6, 6.07) is 10.3. The number of hydrogen-bond donors (Lipinski definition) is 2. The van der Waals surface area contributed by atoms with Crippen molar-refractivity contribution < 1.29 is 4.79 Å². The highest BCUT2D eigenvalue weighted by Gasteiger charge is 2.32. The molecule has 3 nitrogen and oxygen atoms in total. The molecular formula is C18H28N2O. The van der Waals surface area contributed by atoms with E-state index in [-0.39, 0.29) is 17.5 Å². The van der Waals surface area contributed by atoms with Crippen LogP contribution < -0.4 is 11.1 Å². The molecule has 0 radical (unpaired) electrons. The predicted octanol–water partition coefficient (Wildman–Crippen LogP) is 3.55. The summed E-state index contributed by atoms with van der Waals surface area (Å²) in [5.74, 6) is 0.628. The highest BCUT2D eigenvalue weighted by Crippen LogP contribution is 2.30. The van der Waals surface area contributed by atoms with Crippen LogP contribution in [-0.2, 0) is 4.79 Å². The fraction of sp³-hybridized carbons (Fsp3) is 0.611. The van der Waals surface area contributed by atoms with Gasteiger partial charge in [-0.15, -0.1) is 0 Å². The number of benzene rings is 1. The second-order valence-corrected chi connectivity index (χ2v) is 6.91. The predicted molar refractivity (Wildman–Crippen MR) is 86.8 cm³/mol. The molecule has 0 heterocycles. The SMILES string of the molecule is CC(C)CC(NC(=O)CC1(N)CCCC1)c1ccccc1. The second-order valence-electron chi connectivity index (χ2n) is 6.91. The molecule has 1 atom stereocenters. The van der Waals surface area contributed by atoms with E-state index in [1.807, 2.05) is 18.2 Å². The van der Waals surface area contributed by atoms with E-state index < -0.39 is 0 Å². The Balaban J connectivity index is 1.99. The molecule has 1 fully saturated rings. The molecule has 1 aliphatic rings. The summed E-state index contributed by atoms with van der Waals surface area (Å²) in [6.07, 6.45) is 5.65. The normalized spacial score (nSPS) is 18.7. The maximum Gasteiger partial charge on any atom is 0.222 e. The highest BCUT2D eigenvalue weighted by atomic mass is 16.1. The third-order valence-corrected chi connectivity index (χ3v) is 4.36. The van der Waals surface area contributed by atoms with Gasteiger partial charge in [0.2, 0.25) is 5.91 Å². The van der Waals surface area contributed by atoms with Gasteiger partial charge in [-0.25, -0.2) is 0 Å². The number of carbonyl (C=O) groups is 1. The molecule has 3 N–H and O–H groups in total. The molecule has 3 heteroatoms. The van der Waals surface area contributed by atoms with Gasteiger partial charge in [0.15, 0.2) is 0 Å². The van der Waals surface area contributed by atoms with Crippen molar-refractivity contribution in [2.75, 3.05) is 0 Å². The van der Waals surface area contributed by atoms with Crippen molar-refractivity contribution in [3.05, 3.63) is 35.9 Å². The van der Waals surface area contributed by atoms with Gasteiger partial charge in [-0.05, 0) is 30.7 Å². The minimum Gasteiger partial charge on any atom is -0.349 e. The molecule has 1 amide bonds.